The Bertz CT molecular complexity index is 723. The van der Waals surface area contributed by atoms with E-state index >= 15 is 0 Å². The lowest BCUT2D eigenvalue weighted by molar-refractivity contribution is -0.0504. The van der Waals surface area contributed by atoms with Crippen LogP contribution in [0, 0.1) is 0 Å². The minimum atomic E-state index is -2.85. The van der Waals surface area contributed by atoms with Crippen LogP contribution in [0.2, 0.25) is 0 Å². The predicted molar refractivity (Wildman–Crippen MR) is 104 cm³/mol. The average molecular weight is 376 g/mol. The summed E-state index contributed by atoms with van der Waals surface area (Å²) in [5, 5.41) is 6.43. The number of nitrogens with zero attached hydrogens (tertiary/aromatic N) is 2. The van der Waals surface area contributed by atoms with Gasteiger partial charge in [-0.2, -0.15) is 8.78 Å². The molecule has 0 saturated carbocycles. The fourth-order valence-corrected chi connectivity index (χ4v) is 2.73. The maximum Gasteiger partial charge on any atom is 0.387 e. The van der Waals surface area contributed by atoms with Crippen LogP contribution in [0.1, 0.15) is 17.2 Å². The zero-order chi connectivity index (χ0) is 19.6. The fourth-order valence-electron chi connectivity index (χ4n) is 2.73. The molecule has 5 nitrogen and oxygen atoms in total. The van der Waals surface area contributed by atoms with E-state index in [1.54, 1.807) is 25.2 Å². The molecule has 0 aromatic heterocycles. The largest absolute Gasteiger partial charge is 0.434 e. The number of ether oxygens (including phenoxy) is 1. The van der Waals surface area contributed by atoms with Crippen molar-refractivity contribution < 1.29 is 13.5 Å². The molecular formula is C20H26F2N4O. The molecular weight excluding hydrogens is 350 g/mol. The fraction of sp³-hybridized carbons (Fsp3) is 0.350. The number of alkyl halides is 2. The van der Waals surface area contributed by atoms with Crippen LogP contribution < -0.4 is 15.4 Å². The molecule has 1 unspecified atom stereocenters. The van der Waals surface area contributed by atoms with Crippen molar-refractivity contribution in [3.05, 3.63) is 65.7 Å². The zero-order valence-corrected chi connectivity index (χ0v) is 15.8. The molecule has 2 aromatic carbocycles. The van der Waals surface area contributed by atoms with Crippen LogP contribution in [0.15, 0.2) is 59.6 Å². The highest BCUT2D eigenvalue weighted by Gasteiger charge is 2.14. The molecule has 0 saturated heterocycles. The molecule has 1 atom stereocenters. The van der Waals surface area contributed by atoms with Gasteiger partial charge in [-0.1, -0.05) is 48.5 Å². The SMILES string of the molecule is CN=C(NCc1ccccc1OC(F)F)NCC(c1ccccc1)N(C)C. The Balaban J connectivity index is 1.96. The molecule has 0 radical (unpaired) electrons. The molecule has 0 bridgehead atoms. The summed E-state index contributed by atoms with van der Waals surface area (Å²) in [6.45, 7) is -1.89. The summed E-state index contributed by atoms with van der Waals surface area (Å²) in [4.78, 5) is 6.33. The van der Waals surface area contributed by atoms with Crippen molar-refractivity contribution in [3.63, 3.8) is 0 Å². The van der Waals surface area contributed by atoms with Crippen LogP contribution >= 0.6 is 0 Å². The van der Waals surface area contributed by atoms with Gasteiger partial charge >= 0.3 is 6.61 Å². The van der Waals surface area contributed by atoms with Gasteiger partial charge in [0.25, 0.3) is 0 Å². The number of halogens is 2. The lowest BCUT2D eigenvalue weighted by atomic mass is 10.1. The lowest BCUT2D eigenvalue weighted by Gasteiger charge is -2.26. The standard InChI is InChI=1S/C20H26F2N4O/c1-23-20(24-13-16-11-7-8-12-18(16)27-19(21)22)25-14-17(26(2)3)15-9-5-4-6-10-15/h4-12,17,19H,13-14H2,1-3H3,(H2,23,24,25). The van der Waals surface area contributed by atoms with Gasteiger partial charge in [-0.25, -0.2) is 0 Å². The highest BCUT2D eigenvalue weighted by molar-refractivity contribution is 5.79. The minimum absolute atomic E-state index is 0.158. The van der Waals surface area contributed by atoms with E-state index in [0.717, 1.165) is 0 Å². The smallest absolute Gasteiger partial charge is 0.387 e. The Labute approximate surface area is 159 Å². The second-order valence-electron chi connectivity index (χ2n) is 6.18. The minimum Gasteiger partial charge on any atom is -0.434 e. The summed E-state index contributed by atoms with van der Waals surface area (Å²) in [7, 11) is 5.71. The summed E-state index contributed by atoms with van der Waals surface area (Å²) < 4.78 is 29.6. The van der Waals surface area contributed by atoms with Crippen molar-refractivity contribution in [1.29, 1.82) is 0 Å². The molecule has 0 aliphatic heterocycles. The van der Waals surface area contributed by atoms with Crippen molar-refractivity contribution in [2.24, 2.45) is 4.99 Å². The summed E-state index contributed by atoms with van der Waals surface area (Å²) in [6, 6.07) is 17.1. The van der Waals surface area contributed by atoms with E-state index in [0.29, 0.717) is 24.6 Å². The number of hydrogen-bond donors (Lipinski definition) is 2. The number of rotatable bonds is 8. The normalized spacial score (nSPS) is 12.9. The van der Waals surface area contributed by atoms with E-state index in [1.165, 1.54) is 11.6 Å². The maximum absolute atomic E-state index is 12.5. The zero-order valence-electron chi connectivity index (χ0n) is 15.8. The number of aliphatic imine (C=N–C) groups is 1. The number of likely N-dealkylation sites (N-methyl/N-ethyl adjacent to an activating group) is 1. The van der Waals surface area contributed by atoms with E-state index in [1.807, 2.05) is 32.3 Å². The van der Waals surface area contributed by atoms with Gasteiger partial charge in [0.2, 0.25) is 0 Å². The Morgan fingerprint density at radius 1 is 1.04 bits per heavy atom. The van der Waals surface area contributed by atoms with Gasteiger partial charge in [-0.3, -0.25) is 4.99 Å². The van der Waals surface area contributed by atoms with E-state index in [-0.39, 0.29) is 11.8 Å². The molecule has 146 valence electrons. The molecule has 0 heterocycles. The van der Waals surface area contributed by atoms with Crippen LogP contribution in [-0.4, -0.2) is 45.2 Å². The van der Waals surface area contributed by atoms with Gasteiger partial charge < -0.3 is 20.3 Å². The molecule has 0 aliphatic rings. The molecule has 2 N–H and O–H groups in total. The first-order valence-corrected chi connectivity index (χ1v) is 8.70. The van der Waals surface area contributed by atoms with Gasteiger partial charge in [0, 0.05) is 25.7 Å². The van der Waals surface area contributed by atoms with E-state index in [4.69, 9.17) is 0 Å². The third-order valence-corrected chi connectivity index (χ3v) is 4.13. The van der Waals surface area contributed by atoms with Crippen LogP contribution in [0.3, 0.4) is 0 Å². The molecule has 7 heteroatoms. The first-order valence-electron chi connectivity index (χ1n) is 8.70. The third kappa shape index (κ3) is 6.53. The Hall–Kier alpha value is -2.67. The Kier molecular flexibility index (Phi) is 8.00. The van der Waals surface area contributed by atoms with Crippen LogP contribution in [0.25, 0.3) is 0 Å². The number of para-hydroxylation sites is 1. The maximum atomic E-state index is 12.5. The number of benzene rings is 2. The number of guanidine groups is 1. The van der Waals surface area contributed by atoms with Crippen molar-refractivity contribution >= 4 is 5.96 Å². The molecule has 0 spiro atoms. The number of hydrogen-bond acceptors (Lipinski definition) is 3. The molecule has 0 aliphatic carbocycles. The Morgan fingerprint density at radius 3 is 2.33 bits per heavy atom. The molecule has 0 amide bonds. The van der Waals surface area contributed by atoms with E-state index < -0.39 is 6.61 Å². The van der Waals surface area contributed by atoms with Gasteiger partial charge in [-0.05, 0) is 25.7 Å². The predicted octanol–water partition coefficient (Wildman–Crippen LogP) is 3.26. The molecule has 2 rings (SSSR count). The Morgan fingerprint density at radius 2 is 1.70 bits per heavy atom. The lowest BCUT2D eigenvalue weighted by Crippen LogP contribution is -2.41. The van der Waals surface area contributed by atoms with Gasteiger partial charge in [0.15, 0.2) is 5.96 Å². The van der Waals surface area contributed by atoms with Crippen LogP contribution in [-0.2, 0) is 6.54 Å². The van der Waals surface area contributed by atoms with Crippen LogP contribution in [0.4, 0.5) is 8.78 Å². The number of nitrogens with one attached hydrogen (secondary N) is 2. The van der Waals surface area contributed by atoms with Crippen molar-refractivity contribution in [2.75, 3.05) is 27.7 Å². The van der Waals surface area contributed by atoms with Crippen molar-refractivity contribution in [3.8, 4) is 5.75 Å². The second-order valence-corrected chi connectivity index (χ2v) is 6.18. The summed E-state index contributed by atoms with van der Waals surface area (Å²) in [6.07, 6.45) is 0. The van der Waals surface area contributed by atoms with Gasteiger partial charge in [0.1, 0.15) is 5.75 Å². The summed E-state index contributed by atoms with van der Waals surface area (Å²) >= 11 is 0. The quantitative estimate of drug-likeness (QED) is 0.549. The topological polar surface area (TPSA) is 48.9 Å². The van der Waals surface area contributed by atoms with E-state index in [2.05, 4.69) is 37.4 Å². The monoisotopic (exact) mass is 376 g/mol. The summed E-state index contributed by atoms with van der Waals surface area (Å²) in [5.74, 6) is 0.746. The summed E-state index contributed by atoms with van der Waals surface area (Å²) in [5.41, 5.74) is 1.83. The van der Waals surface area contributed by atoms with Gasteiger partial charge in [0.05, 0.1) is 6.04 Å². The first-order chi connectivity index (χ1) is 13.0. The molecule has 27 heavy (non-hydrogen) atoms. The van der Waals surface area contributed by atoms with Crippen molar-refractivity contribution in [2.45, 2.75) is 19.2 Å². The second kappa shape index (κ2) is 10.5. The van der Waals surface area contributed by atoms with Crippen LogP contribution in [0.5, 0.6) is 5.75 Å². The molecule has 2 aromatic rings. The van der Waals surface area contributed by atoms with E-state index in [9.17, 15) is 8.78 Å². The average Bonchev–Trinajstić information content (AvgIpc) is 2.65. The highest BCUT2D eigenvalue weighted by atomic mass is 19.3. The third-order valence-electron chi connectivity index (χ3n) is 4.13. The first kappa shape index (κ1) is 20.6. The van der Waals surface area contributed by atoms with Gasteiger partial charge in [-0.15, -0.1) is 0 Å². The van der Waals surface area contributed by atoms with Crippen molar-refractivity contribution in [1.82, 2.24) is 15.5 Å². The molecule has 0 fully saturated rings. The highest BCUT2D eigenvalue weighted by Crippen LogP contribution is 2.20.